The number of anilines is 1. The summed E-state index contributed by atoms with van der Waals surface area (Å²) in [6.45, 7) is 13.7. The Bertz CT molecular complexity index is 2090. The Labute approximate surface area is 418 Å². The Balaban J connectivity index is 0.000000800. The van der Waals surface area contributed by atoms with Gasteiger partial charge in [-0.05, 0) is 78.3 Å². The van der Waals surface area contributed by atoms with Gasteiger partial charge in [0.15, 0.2) is 11.6 Å². The summed E-state index contributed by atoms with van der Waals surface area (Å²) in [5.74, 6) is 4.68. The molecule has 0 atom stereocenters. The Hall–Kier alpha value is -4.59. The van der Waals surface area contributed by atoms with Crippen LogP contribution in [-0.2, 0) is 51.0 Å². The summed E-state index contributed by atoms with van der Waals surface area (Å²) in [7, 11) is 8.57. The van der Waals surface area contributed by atoms with E-state index in [1.54, 1.807) is 31.3 Å². The molecule has 0 saturated heterocycles. The molecule has 1 aliphatic rings. The molecule has 6 aromatic rings. The molecule has 1 aromatic heterocycles. The maximum atomic E-state index is 11.8. The number of aromatic nitrogens is 1. The Morgan fingerprint density at radius 2 is 1.00 bits per heavy atom. The number of benzene rings is 5. The van der Waals surface area contributed by atoms with Gasteiger partial charge in [-0.3, -0.25) is 14.6 Å². The number of nitrogens with zero attached hydrogens (tertiary/aromatic N) is 3. The van der Waals surface area contributed by atoms with Gasteiger partial charge in [0.05, 0.1) is 12.3 Å². The van der Waals surface area contributed by atoms with Crippen molar-refractivity contribution in [1.82, 2.24) is 4.98 Å². The second-order valence-electron chi connectivity index (χ2n) is 15.7. The topological polar surface area (TPSA) is 102 Å². The molecule has 0 bridgehead atoms. The smallest absolute Gasteiger partial charge is 0 e. The first-order valence-electron chi connectivity index (χ1n) is 21.2. The van der Waals surface area contributed by atoms with Gasteiger partial charge in [0.2, 0.25) is 0 Å². The fourth-order valence-electron chi connectivity index (χ4n) is 6.81. The molecule has 1 amide bonds. The van der Waals surface area contributed by atoms with Crippen LogP contribution in [0.25, 0.3) is 5.32 Å². The first kappa shape index (κ1) is 60.4. The molecule has 1 saturated carbocycles. The van der Waals surface area contributed by atoms with Gasteiger partial charge < -0.3 is 27.5 Å². The van der Waals surface area contributed by atoms with Gasteiger partial charge in [0.1, 0.15) is 5.91 Å². The predicted octanol–water partition coefficient (Wildman–Crippen LogP) is 13.9. The summed E-state index contributed by atoms with van der Waals surface area (Å²) < 4.78 is 0. The van der Waals surface area contributed by atoms with Crippen molar-refractivity contribution in [2.45, 2.75) is 61.0 Å². The molecular weight excluding hydrogens is 1190 g/mol. The van der Waals surface area contributed by atoms with Crippen LogP contribution in [0.5, 0.6) is 0 Å². The van der Waals surface area contributed by atoms with Crippen molar-refractivity contribution in [3.05, 3.63) is 211 Å². The van der Waals surface area contributed by atoms with Crippen molar-refractivity contribution in [3.8, 4) is 0 Å². The van der Waals surface area contributed by atoms with Crippen LogP contribution in [-0.4, -0.2) is 41.7 Å². The molecular formula is C55H67ClIr2N3O4. The third kappa shape index (κ3) is 22.9. The van der Waals surface area contributed by atoms with E-state index in [2.05, 4.69) is 66.6 Å². The molecule has 1 fully saturated rings. The standard InChI is InChI=1S/C15H14O.C14H15N3O.C10H20.C8H8O.C7H8O.CH3.ClH.2Ir/c16-15(14-9-5-2-6-10-14)12-11-13-7-3-1-4-8-13;1-17(2)12-8-6-11(7-9-12)16-14(18)13-5-3-4-10-15-13;1-6-7(2)9(4)10(5)8(6)3;1-7(9)8-5-3-2-4-6-8;8-6-7-4-2-1-3-5-7;;;;/h1-10H,11-12H2;3-10H,1-2H3,(H,16,18);6-10H,1-5H3;2-6H,1H3;1-5,8H,6H2;1H3;1H;;/q;;;;;-1;;;+3/p-2. The minimum absolute atomic E-state index is 0. The first-order chi connectivity index (χ1) is 30.3. The van der Waals surface area contributed by atoms with Crippen LogP contribution in [0.2, 0.25) is 0 Å². The molecule has 7 rings (SSSR count). The van der Waals surface area contributed by atoms with Gasteiger partial charge in [0.25, 0.3) is 0 Å². The number of aliphatic hydroxyl groups excluding tert-OH is 1. The van der Waals surface area contributed by atoms with Crippen molar-refractivity contribution in [3.63, 3.8) is 0 Å². The number of hydrogen-bond acceptors (Lipinski definition) is 6. The van der Waals surface area contributed by atoms with Crippen LogP contribution in [0.3, 0.4) is 0 Å². The van der Waals surface area contributed by atoms with Crippen molar-refractivity contribution >= 4 is 38.4 Å². The Morgan fingerprint density at radius 3 is 1.35 bits per heavy atom. The van der Waals surface area contributed by atoms with Gasteiger partial charge in [-0.15, -0.1) is 5.69 Å². The molecule has 0 unspecified atom stereocenters. The number of aliphatic hydroxyl groups is 1. The Kier molecular flexibility index (Phi) is 32.3. The zero-order valence-corrected chi connectivity index (χ0v) is 44.8. The van der Waals surface area contributed by atoms with Gasteiger partial charge in [-0.1, -0.05) is 174 Å². The van der Waals surface area contributed by atoms with Gasteiger partial charge in [-0.2, -0.15) is 0 Å². The third-order valence-corrected chi connectivity index (χ3v) is 11.4. The largest absolute Gasteiger partial charge is 0 e. The molecule has 0 spiro atoms. The van der Waals surface area contributed by atoms with Crippen molar-refractivity contribution < 1.29 is 57.5 Å². The van der Waals surface area contributed by atoms with Crippen LogP contribution >= 0.6 is 9.58 Å². The third-order valence-electron chi connectivity index (χ3n) is 11.4. The number of amides is 1. The first-order valence-corrected chi connectivity index (χ1v) is 24.2. The van der Waals surface area contributed by atoms with E-state index in [-0.39, 0.29) is 51.6 Å². The summed E-state index contributed by atoms with van der Waals surface area (Å²) in [5.41, 5.74) is 5.82. The monoisotopic (exact) mass is 1250 g/mol. The van der Waals surface area contributed by atoms with Crippen molar-refractivity contribution in [2.75, 3.05) is 19.0 Å². The molecule has 10 heteroatoms. The number of rotatable bonds is 9. The molecule has 5 aromatic carbocycles. The minimum Gasteiger partial charge on any atom is 0 e. The van der Waals surface area contributed by atoms with Crippen LogP contribution in [0.4, 0.5) is 11.4 Å². The summed E-state index contributed by atoms with van der Waals surface area (Å²) in [6.07, 6.45) is 2.97. The maximum Gasteiger partial charge on any atom is 0 e. The van der Waals surface area contributed by atoms with Crippen molar-refractivity contribution in [1.29, 1.82) is 0 Å². The number of pyridine rings is 1. The normalized spacial score (nSPS) is 16.2. The Morgan fingerprint density at radius 1 is 0.600 bits per heavy atom. The SMILES string of the molecule is CC(=O)c1ccccc1.CC1C(C)C(C)C(C)C1C.CN(C)c1ccc([N-]C(=O)c2ccccn2)cc1.O=C(CCc1ccccc1)c1ccccc1.OCc1ccccc1.[CH3-].[Cl][Ir+2].[Ir]. The van der Waals surface area contributed by atoms with E-state index in [1.165, 1.54) is 23.5 Å². The van der Waals surface area contributed by atoms with E-state index in [4.69, 9.17) is 5.11 Å². The predicted molar refractivity (Wildman–Crippen MR) is 265 cm³/mol. The number of halogens is 1. The molecule has 1 radical (unpaired) electrons. The molecule has 0 aliphatic heterocycles. The number of Topliss-reactive ketones (excluding diaryl/α,β-unsaturated/α-hetero) is 2. The minimum atomic E-state index is -0.326. The number of aryl methyl sites for hydroxylation is 1. The van der Waals surface area contributed by atoms with Crippen LogP contribution in [0.1, 0.15) is 90.3 Å². The van der Waals surface area contributed by atoms with E-state index < -0.39 is 0 Å². The molecule has 7 nitrogen and oxygen atoms in total. The second-order valence-corrected chi connectivity index (χ2v) is 15.7. The van der Waals surface area contributed by atoms with E-state index in [1.807, 2.05) is 152 Å². The summed E-state index contributed by atoms with van der Waals surface area (Å²) in [5, 5.41) is 12.5. The van der Waals surface area contributed by atoms with Crippen LogP contribution in [0.15, 0.2) is 170 Å². The van der Waals surface area contributed by atoms with Gasteiger partial charge >= 0.3 is 27.5 Å². The summed E-state index contributed by atoms with van der Waals surface area (Å²) >= 11 is 1.47. The van der Waals surface area contributed by atoms with Crippen LogP contribution < -0.4 is 4.90 Å². The van der Waals surface area contributed by atoms with E-state index >= 15 is 0 Å². The molecule has 351 valence electrons. The van der Waals surface area contributed by atoms with Crippen LogP contribution in [0, 0.1) is 37.0 Å². The zero-order chi connectivity index (χ0) is 46.6. The number of carbonyl (C=O) groups excluding carboxylic acids is 3. The fourth-order valence-corrected chi connectivity index (χ4v) is 6.81. The summed E-state index contributed by atoms with van der Waals surface area (Å²) in [6, 6.07) is 51.0. The maximum absolute atomic E-state index is 11.8. The number of carbonyl (C=O) groups is 3. The molecule has 1 aliphatic carbocycles. The van der Waals surface area contributed by atoms with E-state index in [0.717, 1.165) is 58.4 Å². The number of hydrogen-bond donors (Lipinski definition) is 1. The van der Waals surface area contributed by atoms with Crippen molar-refractivity contribution in [2.24, 2.45) is 29.6 Å². The average Bonchev–Trinajstić information content (AvgIpc) is 3.50. The molecule has 1 N–H and O–H groups in total. The van der Waals surface area contributed by atoms with E-state index in [0.29, 0.717) is 17.8 Å². The summed E-state index contributed by atoms with van der Waals surface area (Å²) in [4.78, 5) is 40.2. The second kappa shape index (κ2) is 34.7. The number of ketones is 2. The zero-order valence-electron chi connectivity index (χ0n) is 39.2. The quantitative estimate of drug-likeness (QED) is 0.114. The fraction of sp³-hybridized carbons (Fsp3) is 0.291. The average molecular weight is 1250 g/mol. The van der Waals surface area contributed by atoms with Gasteiger partial charge in [0, 0.05) is 63.6 Å². The molecule has 1 heterocycles. The molecule has 65 heavy (non-hydrogen) atoms. The van der Waals surface area contributed by atoms with E-state index in [9.17, 15) is 14.4 Å². The van der Waals surface area contributed by atoms with Gasteiger partial charge in [-0.25, -0.2) is 0 Å².